The second-order valence-electron chi connectivity index (χ2n) is 6.22. The van der Waals surface area contributed by atoms with Crippen LogP contribution in [0.3, 0.4) is 0 Å². The number of H-pyrrole nitrogens is 1. The van der Waals surface area contributed by atoms with Crippen molar-refractivity contribution in [2.45, 2.75) is 19.5 Å². The highest BCUT2D eigenvalue weighted by atomic mass is 16.6. The van der Waals surface area contributed by atoms with Crippen LogP contribution in [0.15, 0.2) is 24.4 Å². The van der Waals surface area contributed by atoms with Gasteiger partial charge >= 0.3 is 0 Å². The van der Waals surface area contributed by atoms with E-state index in [0.717, 1.165) is 48.9 Å². The lowest BCUT2D eigenvalue weighted by atomic mass is 10.1. The van der Waals surface area contributed by atoms with Gasteiger partial charge in [-0.2, -0.15) is 5.10 Å². The lowest BCUT2D eigenvalue weighted by Gasteiger charge is -2.31. The summed E-state index contributed by atoms with van der Waals surface area (Å²) >= 11 is 0. The number of aromatic amines is 1. The smallest absolute Gasteiger partial charge is 0.162 e. The Balaban J connectivity index is 1.57. The third-order valence-electron chi connectivity index (χ3n) is 4.40. The summed E-state index contributed by atoms with van der Waals surface area (Å²) in [6.45, 7) is 7.52. The Morgan fingerprint density at radius 1 is 1.26 bits per heavy atom. The summed E-state index contributed by atoms with van der Waals surface area (Å²) in [5.74, 6) is 1.63. The summed E-state index contributed by atoms with van der Waals surface area (Å²) in [5.41, 5.74) is 3.37. The largest absolute Gasteiger partial charge is 0.486 e. The van der Waals surface area contributed by atoms with Crippen molar-refractivity contribution in [1.82, 2.24) is 20.4 Å². The average molecular weight is 314 g/mol. The molecule has 1 atom stereocenters. The molecule has 0 unspecified atom stereocenters. The van der Waals surface area contributed by atoms with Gasteiger partial charge in [-0.3, -0.25) is 10.00 Å². The lowest BCUT2D eigenvalue weighted by molar-refractivity contribution is 0.171. The highest BCUT2D eigenvalue weighted by Crippen LogP contribution is 2.35. The van der Waals surface area contributed by atoms with E-state index in [9.17, 15) is 0 Å². The zero-order valence-electron chi connectivity index (χ0n) is 13.3. The molecule has 4 rings (SSSR count). The van der Waals surface area contributed by atoms with Crippen LogP contribution in [0.2, 0.25) is 0 Å². The molecule has 0 radical (unpaired) electrons. The quantitative estimate of drug-likeness (QED) is 0.902. The maximum atomic E-state index is 5.69. The fourth-order valence-corrected chi connectivity index (χ4v) is 3.28. The minimum Gasteiger partial charge on any atom is -0.486 e. The first-order valence-electron chi connectivity index (χ1n) is 8.17. The van der Waals surface area contributed by atoms with E-state index in [-0.39, 0.29) is 0 Å². The zero-order chi connectivity index (χ0) is 15.6. The van der Waals surface area contributed by atoms with Crippen LogP contribution < -0.4 is 14.8 Å². The molecule has 122 valence electrons. The standard InChI is InChI=1S/C17H22N4O2/c1-12-10-21(5-4-18-12)11-14-9-19-20-17(14)13-2-3-15-16(8-13)23-7-6-22-15/h2-3,8-9,12,18H,4-7,10-11H2,1H3,(H,19,20)/t12-/m1/s1. The van der Waals surface area contributed by atoms with Gasteiger partial charge in [0.1, 0.15) is 13.2 Å². The zero-order valence-corrected chi connectivity index (χ0v) is 13.3. The first-order valence-corrected chi connectivity index (χ1v) is 8.17. The van der Waals surface area contributed by atoms with Crippen LogP contribution in [-0.4, -0.2) is 54.0 Å². The number of fused-ring (bicyclic) bond motifs is 1. The second-order valence-corrected chi connectivity index (χ2v) is 6.22. The van der Waals surface area contributed by atoms with Crippen LogP contribution in [0.1, 0.15) is 12.5 Å². The number of ether oxygens (including phenoxy) is 2. The van der Waals surface area contributed by atoms with E-state index in [4.69, 9.17) is 9.47 Å². The fraction of sp³-hybridized carbons (Fsp3) is 0.471. The van der Waals surface area contributed by atoms with Gasteiger partial charge in [0.25, 0.3) is 0 Å². The molecule has 0 aliphatic carbocycles. The van der Waals surface area contributed by atoms with Gasteiger partial charge in [0, 0.05) is 43.3 Å². The number of rotatable bonds is 3. The van der Waals surface area contributed by atoms with Gasteiger partial charge in [-0.1, -0.05) is 0 Å². The number of aromatic nitrogens is 2. The van der Waals surface area contributed by atoms with Crippen molar-refractivity contribution in [3.8, 4) is 22.8 Å². The van der Waals surface area contributed by atoms with Crippen molar-refractivity contribution in [3.63, 3.8) is 0 Å². The molecule has 1 aromatic carbocycles. The lowest BCUT2D eigenvalue weighted by Crippen LogP contribution is -2.48. The second kappa shape index (κ2) is 6.22. The third kappa shape index (κ3) is 3.04. The molecule has 1 fully saturated rings. The van der Waals surface area contributed by atoms with Crippen molar-refractivity contribution in [3.05, 3.63) is 30.0 Å². The summed E-state index contributed by atoms with van der Waals surface area (Å²) in [6, 6.07) is 6.60. The van der Waals surface area contributed by atoms with Gasteiger partial charge in [0.15, 0.2) is 11.5 Å². The van der Waals surface area contributed by atoms with Crippen molar-refractivity contribution in [2.24, 2.45) is 0 Å². The van der Waals surface area contributed by atoms with E-state index in [1.54, 1.807) is 0 Å². The Kier molecular flexibility index (Phi) is 3.93. The van der Waals surface area contributed by atoms with Crippen molar-refractivity contribution in [1.29, 1.82) is 0 Å². The van der Waals surface area contributed by atoms with Crippen LogP contribution in [0, 0.1) is 0 Å². The molecule has 2 N–H and O–H groups in total. The Hall–Kier alpha value is -2.05. The molecule has 6 nitrogen and oxygen atoms in total. The number of nitrogens with one attached hydrogen (secondary N) is 2. The summed E-state index contributed by atoms with van der Waals surface area (Å²) in [5, 5.41) is 10.9. The van der Waals surface area contributed by atoms with E-state index in [2.05, 4.69) is 33.4 Å². The summed E-state index contributed by atoms with van der Waals surface area (Å²) in [7, 11) is 0. The Morgan fingerprint density at radius 2 is 2.13 bits per heavy atom. The van der Waals surface area contributed by atoms with Gasteiger partial charge in [0.2, 0.25) is 0 Å². The molecule has 2 aromatic rings. The summed E-state index contributed by atoms with van der Waals surface area (Å²) < 4.78 is 11.3. The fourth-order valence-electron chi connectivity index (χ4n) is 3.28. The van der Waals surface area contributed by atoms with E-state index in [1.165, 1.54) is 5.56 Å². The Labute approximate surface area is 135 Å². The van der Waals surface area contributed by atoms with Gasteiger partial charge < -0.3 is 14.8 Å². The minimum atomic E-state index is 0.536. The molecule has 0 bridgehead atoms. The van der Waals surface area contributed by atoms with Gasteiger partial charge in [-0.05, 0) is 25.1 Å². The molecule has 0 amide bonds. The van der Waals surface area contributed by atoms with Gasteiger partial charge in [0.05, 0.1) is 11.9 Å². The number of nitrogens with zero attached hydrogens (tertiary/aromatic N) is 2. The molecule has 2 aliphatic heterocycles. The maximum Gasteiger partial charge on any atom is 0.162 e. The van der Waals surface area contributed by atoms with Crippen LogP contribution in [-0.2, 0) is 6.54 Å². The molecular weight excluding hydrogens is 292 g/mol. The van der Waals surface area contributed by atoms with Crippen LogP contribution >= 0.6 is 0 Å². The molecule has 23 heavy (non-hydrogen) atoms. The number of hydrogen-bond donors (Lipinski definition) is 2. The molecule has 0 saturated carbocycles. The van der Waals surface area contributed by atoms with E-state index < -0.39 is 0 Å². The number of piperazine rings is 1. The molecule has 3 heterocycles. The number of hydrogen-bond acceptors (Lipinski definition) is 5. The predicted molar refractivity (Wildman–Crippen MR) is 87.8 cm³/mol. The van der Waals surface area contributed by atoms with E-state index >= 15 is 0 Å². The molecular formula is C17H22N4O2. The highest BCUT2D eigenvalue weighted by molar-refractivity contribution is 5.66. The van der Waals surface area contributed by atoms with Crippen LogP contribution in [0.25, 0.3) is 11.3 Å². The average Bonchev–Trinajstić information content (AvgIpc) is 3.02. The first kappa shape index (κ1) is 14.5. The van der Waals surface area contributed by atoms with Gasteiger partial charge in [-0.25, -0.2) is 0 Å². The van der Waals surface area contributed by atoms with Crippen LogP contribution in [0.5, 0.6) is 11.5 Å². The molecule has 2 aliphatic rings. The maximum absolute atomic E-state index is 5.69. The predicted octanol–water partition coefficient (Wildman–Crippen LogP) is 1.64. The SMILES string of the molecule is C[C@@H]1CN(Cc2cn[nH]c2-c2ccc3c(c2)OCCO3)CCN1. The number of benzene rings is 1. The normalized spacial score (nSPS) is 21.3. The monoisotopic (exact) mass is 314 g/mol. The molecule has 6 heteroatoms. The summed E-state index contributed by atoms with van der Waals surface area (Å²) in [4.78, 5) is 2.47. The molecule has 1 aromatic heterocycles. The highest BCUT2D eigenvalue weighted by Gasteiger charge is 2.19. The first-order chi connectivity index (χ1) is 11.3. The van der Waals surface area contributed by atoms with E-state index in [0.29, 0.717) is 19.3 Å². The Morgan fingerprint density at radius 3 is 3.00 bits per heavy atom. The molecule has 1 saturated heterocycles. The minimum absolute atomic E-state index is 0.536. The van der Waals surface area contributed by atoms with Gasteiger partial charge in [-0.15, -0.1) is 0 Å². The molecule has 0 spiro atoms. The van der Waals surface area contributed by atoms with Crippen molar-refractivity contribution in [2.75, 3.05) is 32.8 Å². The van der Waals surface area contributed by atoms with Crippen molar-refractivity contribution < 1.29 is 9.47 Å². The Bertz CT molecular complexity index is 685. The van der Waals surface area contributed by atoms with Crippen molar-refractivity contribution >= 4 is 0 Å². The summed E-state index contributed by atoms with van der Waals surface area (Å²) in [6.07, 6.45) is 1.93. The third-order valence-corrected chi connectivity index (χ3v) is 4.40. The van der Waals surface area contributed by atoms with Crippen LogP contribution in [0.4, 0.5) is 0 Å². The van der Waals surface area contributed by atoms with E-state index in [1.807, 2.05) is 18.3 Å². The topological polar surface area (TPSA) is 62.4 Å².